The Hall–Kier alpha value is -1.97. The average Bonchev–Trinajstić information content (AvgIpc) is 3.29. The molecule has 1 aromatic rings. The summed E-state index contributed by atoms with van der Waals surface area (Å²) in [7, 11) is 0. The SMILES string of the molecule is N#CCNC(=O)CN(CC(O)c1ccc(F)cc1)C1CC1. The fraction of sp³-hybridized carbons (Fsp3) is 0.467. The van der Waals surface area contributed by atoms with Gasteiger partial charge in [0.15, 0.2) is 0 Å². The summed E-state index contributed by atoms with van der Waals surface area (Å²) >= 11 is 0. The number of carbonyl (C=O) groups is 1. The topological polar surface area (TPSA) is 76.4 Å². The van der Waals surface area contributed by atoms with Crippen molar-refractivity contribution in [3.8, 4) is 6.07 Å². The fourth-order valence-electron chi connectivity index (χ4n) is 2.17. The smallest absolute Gasteiger partial charge is 0.235 e. The first kappa shape index (κ1) is 15.4. The van der Waals surface area contributed by atoms with Crippen LogP contribution in [0.4, 0.5) is 4.39 Å². The minimum Gasteiger partial charge on any atom is -0.387 e. The monoisotopic (exact) mass is 291 g/mol. The number of benzene rings is 1. The zero-order valence-electron chi connectivity index (χ0n) is 11.6. The normalized spacial score (nSPS) is 15.5. The summed E-state index contributed by atoms with van der Waals surface area (Å²) in [4.78, 5) is 13.6. The van der Waals surface area contributed by atoms with Gasteiger partial charge in [-0.25, -0.2) is 4.39 Å². The van der Waals surface area contributed by atoms with Crippen molar-refractivity contribution in [2.24, 2.45) is 0 Å². The first-order valence-corrected chi connectivity index (χ1v) is 6.91. The maximum Gasteiger partial charge on any atom is 0.235 e. The van der Waals surface area contributed by atoms with Gasteiger partial charge < -0.3 is 10.4 Å². The van der Waals surface area contributed by atoms with Crippen molar-refractivity contribution in [1.82, 2.24) is 10.2 Å². The van der Waals surface area contributed by atoms with Crippen LogP contribution in [0.2, 0.25) is 0 Å². The summed E-state index contributed by atoms with van der Waals surface area (Å²) in [5, 5.41) is 21.1. The zero-order valence-corrected chi connectivity index (χ0v) is 11.6. The summed E-state index contributed by atoms with van der Waals surface area (Å²) in [5.41, 5.74) is 0.625. The molecule has 2 rings (SSSR count). The zero-order chi connectivity index (χ0) is 15.2. The largest absolute Gasteiger partial charge is 0.387 e. The van der Waals surface area contributed by atoms with Gasteiger partial charge in [-0.05, 0) is 30.5 Å². The first-order valence-electron chi connectivity index (χ1n) is 6.91. The summed E-state index contributed by atoms with van der Waals surface area (Å²) in [6, 6.07) is 7.85. The maximum absolute atomic E-state index is 12.9. The number of aliphatic hydroxyl groups is 1. The third-order valence-corrected chi connectivity index (χ3v) is 3.44. The molecule has 5 nitrogen and oxygen atoms in total. The van der Waals surface area contributed by atoms with Gasteiger partial charge in [-0.3, -0.25) is 9.69 Å². The Bertz CT molecular complexity index is 523. The van der Waals surface area contributed by atoms with Gasteiger partial charge in [0.2, 0.25) is 5.91 Å². The molecule has 6 heteroatoms. The molecular formula is C15H18FN3O2. The van der Waals surface area contributed by atoms with Crippen LogP contribution in [-0.4, -0.2) is 41.6 Å². The van der Waals surface area contributed by atoms with E-state index in [0.717, 1.165) is 12.8 Å². The Morgan fingerprint density at radius 3 is 2.71 bits per heavy atom. The molecule has 0 aromatic heterocycles. The lowest BCUT2D eigenvalue weighted by Crippen LogP contribution is -2.40. The van der Waals surface area contributed by atoms with Crippen LogP contribution in [0.25, 0.3) is 0 Å². The molecule has 0 heterocycles. The predicted molar refractivity (Wildman–Crippen MR) is 74.6 cm³/mol. The number of nitrogens with one attached hydrogen (secondary N) is 1. The van der Waals surface area contributed by atoms with Crippen LogP contribution in [-0.2, 0) is 4.79 Å². The molecule has 0 spiro atoms. The number of nitriles is 1. The number of amides is 1. The number of hydrogen-bond acceptors (Lipinski definition) is 4. The molecule has 112 valence electrons. The molecule has 0 radical (unpaired) electrons. The summed E-state index contributed by atoms with van der Waals surface area (Å²) < 4.78 is 12.9. The second kappa shape index (κ2) is 7.16. The number of hydrogen-bond donors (Lipinski definition) is 2. The lowest BCUT2D eigenvalue weighted by molar-refractivity contribution is -0.122. The van der Waals surface area contributed by atoms with Crippen molar-refractivity contribution in [2.75, 3.05) is 19.6 Å². The van der Waals surface area contributed by atoms with Crippen LogP contribution in [0.15, 0.2) is 24.3 Å². The van der Waals surface area contributed by atoms with E-state index in [0.29, 0.717) is 18.2 Å². The van der Waals surface area contributed by atoms with Crippen LogP contribution < -0.4 is 5.32 Å². The highest BCUT2D eigenvalue weighted by Crippen LogP contribution is 2.28. The third-order valence-electron chi connectivity index (χ3n) is 3.44. The highest BCUT2D eigenvalue weighted by atomic mass is 19.1. The van der Waals surface area contributed by atoms with Crippen LogP contribution >= 0.6 is 0 Å². The molecule has 2 N–H and O–H groups in total. The van der Waals surface area contributed by atoms with Gasteiger partial charge in [-0.1, -0.05) is 12.1 Å². The molecule has 1 aromatic carbocycles. The maximum atomic E-state index is 12.9. The number of halogens is 1. The second-order valence-electron chi connectivity index (χ2n) is 5.16. The van der Waals surface area contributed by atoms with E-state index < -0.39 is 6.10 Å². The van der Waals surface area contributed by atoms with Gasteiger partial charge in [0, 0.05) is 12.6 Å². The van der Waals surface area contributed by atoms with E-state index >= 15 is 0 Å². The molecule has 21 heavy (non-hydrogen) atoms. The number of rotatable bonds is 7. The van der Waals surface area contributed by atoms with E-state index in [1.54, 1.807) is 12.1 Å². The molecule has 1 aliphatic carbocycles. The van der Waals surface area contributed by atoms with Crippen molar-refractivity contribution in [1.29, 1.82) is 5.26 Å². The molecule has 1 aliphatic rings. The van der Waals surface area contributed by atoms with E-state index in [9.17, 15) is 14.3 Å². The van der Waals surface area contributed by atoms with E-state index in [4.69, 9.17) is 5.26 Å². The Balaban J connectivity index is 1.91. The highest BCUT2D eigenvalue weighted by Gasteiger charge is 2.31. The van der Waals surface area contributed by atoms with Gasteiger partial charge in [-0.15, -0.1) is 0 Å². The van der Waals surface area contributed by atoms with E-state index in [1.165, 1.54) is 12.1 Å². The summed E-state index contributed by atoms with van der Waals surface area (Å²) in [5.74, 6) is -0.573. The highest BCUT2D eigenvalue weighted by molar-refractivity contribution is 5.78. The van der Waals surface area contributed by atoms with Crippen molar-refractivity contribution in [2.45, 2.75) is 25.0 Å². The van der Waals surface area contributed by atoms with Crippen molar-refractivity contribution in [3.63, 3.8) is 0 Å². The standard InChI is InChI=1S/C15H18FN3O2/c16-12-3-1-11(2-4-12)14(20)9-19(13-5-6-13)10-15(21)18-8-7-17/h1-4,13-14,20H,5-6,8-10H2,(H,18,21). The third kappa shape index (κ3) is 4.81. The molecule has 0 saturated heterocycles. The van der Waals surface area contributed by atoms with Gasteiger partial charge in [0.05, 0.1) is 18.7 Å². The van der Waals surface area contributed by atoms with Crippen molar-refractivity contribution in [3.05, 3.63) is 35.6 Å². The Morgan fingerprint density at radius 2 is 2.14 bits per heavy atom. The molecule has 1 amide bonds. The van der Waals surface area contributed by atoms with Crippen LogP contribution in [0.1, 0.15) is 24.5 Å². The van der Waals surface area contributed by atoms with Gasteiger partial charge in [0.25, 0.3) is 0 Å². The fourth-order valence-corrected chi connectivity index (χ4v) is 2.17. The summed E-state index contributed by atoms with van der Waals surface area (Å²) in [6.07, 6.45) is 1.23. The summed E-state index contributed by atoms with van der Waals surface area (Å²) in [6.45, 7) is 0.457. The molecule has 1 fully saturated rings. The number of carbonyl (C=O) groups excluding carboxylic acids is 1. The van der Waals surface area contributed by atoms with E-state index in [-0.39, 0.29) is 24.8 Å². The Labute approximate surface area is 123 Å². The van der Waals surface area contributed by atoms with Crippen LogP contribution in [0, 0.1) is 17.1 Å². The van der Waals surface area contributed by atoms with Crippen molar-refractivity contribution >= 4 is 5.91 Å². The predicted octanol–water partition coefficient (Wildman–Crippen LogP) is 0.963. The van der Waals surface area contributed by atoms with Gasteiger partial charge in [0.1, 0.15) is 12.4 Å². The minimum absolute atomic E-state index is 0.0160. The number of aliphatic hydroxyl groups excluding tert-OH is 1. The second-order valence-corrected chi connectivity index (χ2v) is 5.16. The molecule has 1 atom stereocenters. The Kier molecular flexibility index (Phi) is 5.26. The molecule has 1 unspecified atom stereocenters. The molecular weight excluding hydrogens is 273 g/mol. The molecule has 0 aliphatic heterocycles. The van der Waals surface area contributed by atoms with Crippen LogP contribution in [0.3, 0.4) is 0 Å². The van der Waals surface area contributed by atoms with Crippen molar-refractivity contribution < 1.29 is 14.3 Å². The van der Waals surface area contributed by atoms with Gasteiger partial charge >= 0.3 is 0 Å². The average molecular weight is 291 g/mol. The Morgan fingerprint density at radius 1 is 1.48 bits per heavy atom. The van der Waals surface area contributed by atoms with E-state index in [2.05, 4.69) is 5.32 Å². The molecule has 1 saturated carbocycles. The lowest BCUT2D eigenvalue weighted by atomic mass is 10.1. The van der Waals surface area contributed by atoms with E-state index in [1.807, 2.05) is 11.0 Å². The van der Waals surface area contributed by atoms with Gasteiger partial charge in [-0.2, -0.15) is 5.26 Å². The first-order chi connectivity index (χ1) is 10.1. The number of nitrogens with zero attached hydrogens (tertiary/aromatic N) is 2. The quantitative estimate of drug-likeness (QED) is 0.734. The van der Waals surface area contributed by atoms with Crippen LogP contribution in [0.5, 0.6) is 0 Å². The molecule has 0 bridgehead atoms. The minimum atomic E-state index is -0.769. The lowest BCUT2D eigenvalue weighted by Gasteiger charge is -2.24.